The van der Waals surface area contributed by atoms with Crippen LogP contribution in [0.2, 0.25) is 10.2 Å². The molecular weight excluding hydrogens is 370 g/mol. The van der Waals surface area contributed by atoms with Crippen LogP contribution >= 0.6 is 30.1 Å². The molecule has 0 spiro atoms. The monoisotopic (exact) mass is 396 g/mol. The topological polar surface area (TPSA) is 17.8 Å². The van der Waals surface area contributed by atoms with E-state index < -0.39 is 6.89 Å². The van der Waals surface area contributed by atoms with Gasteiger partial charge in [0.1, 0.15) is 5.15 Å². The molecule has 2 aromatic rings. The van der Waals surface area contributed by atoms with E-state index in [9.17, 15) is 0 Å². The van der Waals surface area contributed by atoms with E-state index in [1.807, 2.05) is 10.7 Å². The fourth-order valence-electron chi connectivity index (χ4n) is 3.33. The van der Waals surface area contributed by atoms with Gasteiger partial charge in [-0.05, 0) is 81.3 Å². The van der Waals surface area contributed by atoms with E-state index in [1.54, 1.807) is 0 Å². The van der Waals surface area contributed by atoms with Crippen molar-refractivity contribution in [2.75, 3.05) is 13.3 Å². The van der Waals surface area contributed by atoms with Crippen molar-refractivity contribution in [2.24, 2.45) is 0 Å². The summed E-state index contributed by atoms with van der Waals surface area (Å²) in [5.41, 5.74) is 6.23. The third kappa shape index (κ3) is 3.87. The number of nitrogens with zero attached hydrogens (tertiary/aromatic N) is 2. The van der Waals surface area contributed by atoms with Gasteiger partial charge in [-0.2, -0.15) is 5.10 Å². The van der Waals surface area contributed by atoms with Crippen molar-refractivity contribution in [3.8, 4) is 5.69 Å². The Bertz CT molecular complexity index is 848. The second-order valence-electron chi connectivity index (χ2n) is 7.90. The summed E-state index contributed by atoms with van der Waals surface area (Å²) in [7, 11) is 0. The first-order valence-corrected chi connectivity index (χ1v) is 12.6. The van der Waals surface area contributed by atoms with Crippen LogP contribution in [-0.2, 0) is 19.3 Å². The van der Waals surface area contributed by atoms with Crippen LogP contribution in [0.4, 0.5) is 0 Å². The number of hydrogen-bond donors (Lipinski definition) is 0. The number of rotatable bonds is 4. The first kappa shape index (κ1) is 19.1. The van der Waals surface area contributed by atoms with Gasteiger partial charge in [0, 0.05) is 10.6 Å². The van der Waals surface area contributed by atoms with Gasteiger partial charge in [0.2, 0.25) is 0 Å². The number of aryl methyl sites for hydroxylation is 2. The molecule has 1 heterocycles. The zero-order valence-electron chi connectivity index (χ0n) is 15.6. The van der Waals surface area contributed by atoms with E-state index in [1.165, 1.54) is 18.4 Å². The quantitative estimate of drug-likeness (QED) is 0.578. The van der Waals surface area contributed by atoms with Crippen LogP contribution in [0.5, 0.6) is 0 Å². The Morgan fingerprint density at radius 3 is 2.56 bits per heavy atom. The minimum atomic E-state index is -1.16. The molecule has 0 radical (unpaired) electrons. The van der Waals surface area contributed by atoms with Crippen molar-refractivity contribution in [3.05, 3.63) is 44.7 Å². The molecule has 0 aliphatic heterocycles. The van der Waals surface area contributed by atoms with Crippen LogP contribution < -0.4 is 0 Å². The zero-order chi connectivity index (χ0) is 18.4. The highest BCUT2D eigenvalue weighted by Crippen LogP contribution is 2.44. The van der Waals surface area contributed by atoms with Gasteiger partial charge < -0.3 is 0 Å². The number of fused-ring (bicyclic) bond motifs is 1. The maximum Gasteiger partial charge on any atom is 0.136 e. The third-order valence-electron chi connectivity index (χ3n) is 5.40. The van der Waals surface area contributed by atoms with E-state index in [4.69, 9.17) is 28.3 Å². The molecule has 0 amide bonds. The number of halogens is 2. The lowest BCUT2D eigenvalue weighted by atomic mass is 9.98. The molecule has 1 aliphatic rings. The largest absolute Gasteiger partial charge is 0.221 e. The van der Waals surface area contributed by atoms with Crippen molar-refractivity contribution < 1.29 is 0 Å². The summed E-state index contributed by atoms with van der Waals surface area (Å²) in [6, 6.07) is 4.22. The van der Waals surface area contributed by atoms with Gasteiger partial charge in [-0.1, -0.05) is 30.1 Å². The Morgan fingerprint density at radius 1 is 1.24 bits per heavy atom. The lowest BCUT2D eigenvalue weighted by molar-refractivity contribution is 0.671. The minimum Gasteiger partial charge on any atom is -0.221 e. The smallest absolute Gasteiger partial charge is 0.136 e. The molecule has 1 unspecified atom stereocenters. The predicted octanol–water partition coefficient (Wildman–Crippen LogP) is 6.01. The molecule has 0 N–H and O–H groups in total. The van der Waals surface area contributed by atoms with Gasteiger partial charge in [0.05, 0.1) is 11.4 Å². The summed E-state index contributed by atoms with van der Waals surface area (Å²) in [6.45, 7) is 7.74. The molecule has 25 heavy (non-hydrogen) atoms. The normalized spacial score (nSPS) is 15.9. The lowest BCUT2D eigenvalue weighted by Crippen LogP contribution is -2.09. The van der Waals surface area contributed by atoms with E-state index in [-0.39, 0.29) is 0 Å². The molecule has 5 heteroatoms. The van der Waals surface area contributed by atoms with Crippen LogP contribution in [-0.4, -0.2) is 35.1 Å². The highest BCUT2D eigenvalue weighted by molar-refractivity contribution is 7.72. The SMILES string of the molecule is C=P(C)(C)C(C)Cc1cc(-n2nc3c(c2Cl)CCCC3)c(C)cc1Cl. The second-order valence-corrected chi connectivity index (χ2v) is 13.1. The van der Waals surface area contributed by atoms with E-state index >= 15 is 0 Å². The first-order valence-electron chi connectivity index (χ1n) is 8.92. The summed E-state index contributed by atoms with van der Waals surface area (Å²) in [4.78, 5) is 0. The minimum absolute atomic E-state index is 0.529. The van der Waals surface area contributed by atoms with Gasteiger partial charge in [0.15, 0.2) is 0 Å². The molecule has 1 aromatic carbocycles. The van der Waals surface area contributed by atoms with Gasteiger partial charge in [-0.15, -0.1) is 13.2 Å². The summed E-state index contributed by atoms with van der Waals surface area (Å²) in [5.74, 6) is 0. The first-order chi connectivity index (χ1) is 11.7. The fraction of sp³-hybridized carbons (Fsp3) is 0.500. The van der Waals surface area contributed by atoms with E-state index in [0.717, 1.165) is 51.9 Å². The van der Waals surface area contributed by atoms with Crippen LogP contribution in [0, 0.1) is 6.92 Å². The summed E-state index contributed by atoms with van der Waals surface area (Å²) >= 11 is 13.2. The lowest BCUT2D eigenvalue weighted by Gasteiger charge is -2.23. The second kappa shape index (κ2) is 7.14. The van der Waals surface area contributed by atoms with E-state index in [0.29, 0.717) is 5.66 Å². The molecular formula is C20H27Cl2N2P. The maximum absolute atomic E-state index is 6.68. The number of benzene rings is 1. The molecule has 0 saturated heterocycles. The molecule has 1 atom stereocenters. The Hall–Kier alpha value is -0.690. The van der Waals surface area contributed by atoms with Gasteiger partial charge in [-0.3, -0.25) is 0 Å². The summed E-state index contributed by atoms with van der Waals surface area (Å²) in [6.07, 6.45) is 9.78. The Balaban J connectivity index is 2.04. The van der Waals surface area contributed by atoms with Crippen LogP contribution in [0.3, 0.4) is 0 Å². The fourth-order valence-corrected chi connectivity index (χ4v) is 4.65. The van der Waals surface area contributed by atoms with E-state index in [2.05, 4.69) is 39.5 Å². The highest BCUT2D eigenvalue weighted by atomic mass is 35.5. The number of aromatic nitrogens is 2. The van der Waals surface area contributed by atoms with Crippen LogP contribution in [0.1, 0.15) is 42.1 Å². The van der Waals surface area contributed by atoms with Crippen molar-refractivity contribution in [3.63, 3.8) is 0 Å². The predicted molar refractivity (Wildman–Crippen MR) is 114 cm³/mol. The van der Waals surface area contributed by atoms with Crippen molar-refractivity contribution in [2.45, 2.75) is 51.6 Å². The van der Waals surface area contributed by atoms with Gasteiger partial charge >= 0.3 is 0 Å². The average molecular weight is 397 g/mol. The highest BCUT2D eigenvalue weighted by Gasteiger charge is 2.22. The maximum atomic E-state index is 6.68. The Morgan fingerprint density at radius 2 is 1.92 bits per heavy atom. The third-order valence-corrected chi connectivity index (χ3v) is 8.71. The summed E-state index contributed by atoms with van der Waals surface area (Å²) in [5, 5.41) is 6.41. The Kier molecular flexibility index (Phi) is 5.45. The van der Waals surface area contributed by atoms with Gasteiger partial charge in [0.25, 0.3) is 0 Å². The Labute approximate surface area is 161 Å². The molecule has 136 valence electrons. The van der Waals surface area contributed by atoms with Gasteiger partial charge in [-0.25, -0.2) is 4.68 Å². The average Bonchev–Trinajstić information content (AvgIpc) is 2.86. The number of hydrogen-bond acceptors (Lipinski definition) is 1. The van der Waals surface area contributed by atoms with Crippen molar-refractivity contribution >= 4 is 36.4 Å². The molecule has 2 nitrogen and oxygen atoms in total. The molecule has 1 aliphatic carbocycles. The standard InChI is InChI=1S/C20H27Cl2N2P/c1-13-10-17(21)15(11-14(2)25(3,4)5)12-19(13)24-20(22)16-8-6-7-9-18(16)23-24/h10,12,14H,3,6-9,11H2,1-2,4-5H3. The molecule has 1 aromatic heterocycles. The van der Waals surface area contributed by atoms with Crippen molar-refractivity contribution in [1.29, 1.82) is 0 Å². The molecule has 3 rings (SSSR count). The van der Waals surface area contributed by atoms with Crippen LogP contribution in [0.15, 0.2) is 12.1 Å². The van der Waals surface area contributed by atoms with Crippen molar-refractivity contribution in [1.82, 2.24) is 9.78 Å². The van der Waals surface area contributed by atoms with Crippen LogP contribution in [0.25, 0.3) is 5.69 Å². The molecule has 0 bridgehead atoms. The molecule has 0 fully saturated rings. The zero-order valence-corrected chi connectivity index (χ0v) is 18.0. The summed E-state index contributed by atoms with van der Waals surface area (Å²) < 4.78 is 1.92. The molecule has 0 saturated carbocycles.